The standard InChI is InChI=1S/C14H21N3O3S/c1-4-14(6-5-7-15-8-14)13(20)17(3)11-10(12(18)19)9(2)16-21-11/h15H,4-8H2,1-3H3,(H,18,19). The van der Waals surface area contributed by atoms with Gasteiger partial charge in [0, 0.05) is 13.6 Å². The first-order valence-corrected chi connectivity index (χ1v) is 7.88. The molecule has 1 unspecified atom stereocenters. The quantitative estimate of drug-likeness (QED) is 0.887. The van der Waals surface area contributed by atoms with Crippen molar-refractivity contribution in [1.29, 1.82) is 0 Å². The number of carbonyl (C=O) groups is 2. The lowest BCUT2D eigenvalue weighted by Gasteiger charge is -2.38. The molecule has 0 aromatic carbocycles. The van der Waals surface area contributed by atoms with Crippen molar-refractivity contribution in [2.24, 2.45) is 5.41 Å². The molecule has 2 N–H and O–H groups in total. The summed E-state index contributed by atoms with van der Waals surface area (Å²) in [6, 6.07) is 0. The second-order valence-corrected chi connectivity index (χ2v) is 6.28. The van der Waals surface area contributed by atoms with Crippen LogP contribution in [0.2, 0.25) is 0 Å². The van der Waals surface area contributed by atoms with E-state index in [1.165, 1.54) is 4.90 Å². The number of amides is 1. The minimum Gasteiger partial charge on any atom is -0.478 e. The largest absolute Gasteiger partial charge is 0.478 e. The Morgan fingerprint density at radius 2 is 2.24 bits per heavy atom. The van der Waals surface area contributed by atoms with Crippen molar-refractivity contribution in [3.63, 3.8) is 0 Å². The van der Waals surface area contributed by atoms with Crippen molar-refractivity contribution in [2.75, 3.05) is 25.0 Å². The topological polar surface area (TPSA) is 82.5 Å². The van der Waals surface area contributed by atoms with Crippen LogP contribution in [0.3, 0.4) is 0 Å². The maximum atomic E-state index is 12.9. The highest BCUT2D eigenvalue weighted by atomic mass is 32.1. The number of carboxylic acid groups (broad SMARTS) is 1. The average molecular weight is 311 g/mol. The molecule has 1 aromatic rings. The molecule has 6 nitrogen and oxygen atoms in total. The van der Waals surface area contributed by atoms with Crippen LogP contribution in [0, 0.1) is 12.3 Å². The van der Waals surface area contributed by atoms with Gasteiger partial charge in [-0.05, 0) is 44.3 Å². The number of hydrogen-bond donors (Lipinski definition) is 2. The van der Waals surface area contributed by atoms with Crippen LogP contribution >= 0.6 is 11.5 Å². The van der Waals surface area contributed by atoms with Crippen molar-refractivity contribution >= 4 is 28.4 Å². The van der Waals surface area contributed by atoms with E-state index >= 15 is 0 Å². The molecule has 1 atom stereocenters. The molecule has 21 heavy (non-hydrogen) atoms. The van der Waals surface area contributed by atoms with Crippen LogP contribution in [-0.2, 0) is 4.79 Å². The summed E-state index contributed by atoms with van der Waals surface area (Å²) in [7, 11) is 1.65. The lowest BCUT2D eigenvalue weighted by atomic mass is 9.77. The van der Waals surface area contributed by atoms with Gasteiger partial charge in [0.1, 0.15) is 10.6 Å². The number of piperidine rings is 1. The lowest BCUT2D eigenvalue weighted by Crippen LogP contribution is -2.50. The summed E-state index contributed by atoms with van der Waals surface area (Å²) in [6.45, 7) is 5.24. The molecule has 1 saturated heterocycles. The number of anilines is 1. The zero-order valence-electron chi connectivity index (χ0n) is 12.6. The number of carbonyl (C=O) groups excluding carboxylic acids is 1. The highest BCUT2D eigenvalue weighted by Crippen LogP contribution is 2.36. The van der Waals surface area contributed by atoms with E-state index in [4.69, 9.17) is 0 Å². The lowest BCUT2D eigenvalue weighted by molar-refractivity contribution is -0.129. The first-order valence-electron chi connectivity index (χ1n) is 7.11. The second-order valence-electron chi connectivity index (χ2n) is 5.53. The van der Waals surface area contributed by atoms with E-state index in [1.807, 2.05) is 6.92 Å². The molecule has 7 heteroatoms. The van der Waals surface area contributed by atoms with Crippen molar-refractivity contribution in [1.82, 2.24) is 9.69 Å². The van der Waals surface area contributed by atoms with Crippen LogP contribution in [-0.4, -0.2) is 41.5 Å². The number of aromatic nitrogens is 1. The van der Waals surface area contributed by atoms with Gasteiger partial charge in [-0.1, -0.05) is 6.92 Å². The summed E-state index contributed by atoms with van der Waals surface area (Å²) in [6.07, 6.45) is 2.53. The number of hydrogen-bond acceptors (Lipinski definition) is 5. The molecule has 2 heterocycles. The fraction of sp³-hybridized carbons (Fsp3) is 0.643. The predicted octanol–water partition coefficient (Wildman–Crippen LogP) is 1.89. The van der Waals surface area contributed by atoms with Crippen molar-refractivity contribution in [3.8, 4) is 0 Å². The Morgan fingerprint density at radius 3 is 2.76 bits per heavy atom. The number of nitrogens with zero attached hydrogens (tertiary/aromatic N) is 2. The summed E-state index contributed by atoms with van der Waals surface area (Å²) in [5.41, 5.74) is 0.140. The Hall–Kier alpha value is -1.47. The maximum absolute atomic E-state index is 12.9. The summed E-state index contributed by atoms with van der Waals surface area (Å²) < 4.78 is 4.09. The molecular weight excluding hydrogens is 290 g/mol. The van der Waals surface area contributed by atoms with E-state index in [9.17, 15) is 14.7 Å². The molecule has 116 valence electrons. The number of carboxylic acids is 1. The van der Waals surface area contributed by atoms with Crippen LogP contribution in [0.25, 0.3) is 0 Å². The molecule has 0 saturated carbocycles. The molecule has 0 radical (unpaired) electrons. The normalized spacial score (nSPS) is 22.0. The molecule has 1 fully saturated rings. The van der Waals surface area contributed by atoms with Gasteiger partial charge in [0.15, 0.2) is 0 Å². The van der Waals surface area contributed by atoms with Crippen LogP contribution in [0.5, 0.6) is 0 Å². The Morgan fingerprint density at radius 1 is 1.52 bits per heavy atom. The summed E-state index contributed by atoms with van der Waals surface area (Å²) in [5.74, 6) is -1.06. The molecular formula is C14H21N3O3S. The number of aryl methyl sites for hydroxylation is 1. The average Bonchev–Trinajstić information content (AvgIpc) is 2.88. The van der Waals surface area contributed by atoms with Gasteiger partial charge in [0.25, 0.3) is 0 Å². The second kappa shape index (κ2) is 6.11. The van der Waals surface area contributed by atoms with Crippen molar-refractivity contribution < 1.29 is 14.7 Å². The third-order valence-electron chi connectivity index (χ3n) is 4.27. The van der Waals surface area contributed by atoms with E-state index in [2.05, 4.69) is 9.69 Å². The van der Waals surface area contributed by atoms with E-state index < -0.39 is 11.4 Å². The van der Waals surface area contributed by atoms with E-state index in [0.717, 1.165) is 37.3 Å². The Labute approximate surface area is 128 Å². The van der Waals surface area contributed by atoms with Crippen LogP contribution in [0.1, 0.15) is 42.2 Å². The van der Waals surface area contributed by atoms with Crippen molar-refractivity contribution in [2.45, 2.75) is 33.1 Å². The maximum Gasteiger partial charge on any atom is 0.340 e. The van der Waals surface area contributed by atoms with Crippen LogP contribution in [0.15, 0.2) is 0 Å². The molecule has 0 spiro atoms. The monoisotopic (exact) mass is 311 g/mol. The highest BCUT2D eigenvalue weighted by Gasteiger charge is 2.41. The van der Waals surface area contributed by atoms with Gasteiger partial charge in [-0.2, -0.15) is 4.37 Å². The Bertz CT molecular complexity index is 550. The third-order valence-corrected chi connectivity index (χ3v) is 5.29. The predicted molar refractivity (Wildman–Crippen MR) is 82.0 cm³/mol. The van der Waals surface area contributed by atoms with Gasteiger partial charge in [0.05, 0.1) is 11.1 Å². The Kier molecular flexibility index (Phi) is 4.63. The van der Waals surface area contributed by atoms with E-state index in [0.29, 0.717) is 17.2 Å². The first-order chi connectivity index (χ1) is 9.93. The summed E-state index contributed by atoms with van der Waals surface area (Å²) in [5, 5.41) is 13.0. The van der Waals surface area contributed by atoms with Crippen LogP contribution in [0.4, 0.5) is 5.00 Å². The van der Waals surface area contributed by atoms with Gasteiger partial charge in [-0.15, -0.1) is 0 Å². The first kappa shape index (κ1) is 15.9. The smallest absolute Gasteiger partial charge is 0.340 e. The zero-order chi connectivity index (χ0) is 15.6. The highest BCUT2D eigenvalue weighted by molar-refractivity contribution is 7.11. The van der Waals surface area contributed by atoms with Crippen LogP contribution < -0.4 is 10.2 Å². The van der Waals surface area contributed by atoms with Gasteiger partial charge in [-0.3, -0.25) is 4.79 Å². The SMILES string of the molecule is CCC1(C(=O)N(C)c2snc(C)c2C(=O)O)CCCNC1. The number of rotatable bonds is 4. The molecule has 0 bridgehead atoms. The molecule has 0 aliphatic carbocycles. The number of nitrogens with one attached hydrogen (secondary N) is 1. The fourth-order valence-electron chi connectivity index (χ4n) is 2.88. The van der Waals surface area contributed by atoms with Gasteiger partial charge >= 0.3 is 5.97 Å². The van der Waals surface area contributed by atoms with E-state index in [-0.39, 0.29) is 11.5 Å². The Balaban J connectivity index is 2.33. The molecule has 2 rings (SSSR count). The van der Waals surface area contributed by atoms with Gasteiger partial charge in [-0.25, -0.2) is 4.79 Å². The molecule has 1 amide bonds. The van der Waals surface area contributed by atoms with Gasteiger partial charge in [0.2, 0.25) is 5.91 Å². The zero-order valence-corrected chi connectivity index (χ0v) is 13.4. The van der Waals surface area contributed by atoms with Crippen molar-refractivity contribution in [3.05, 3.63) is 11.3 Å². The van der Waals surface area contributed by atoms with Gasteiger partial charge < -0.3 is 15.3 Å². The summed E-state index contributed by atoms with van der Waals surface area (Å²) in [4.78, 5) is 25.8. The molecule has 1 aromatic heterocycles. The molecule has 1 aliphatic heterocycles. The fourth-order valence-corrected chi connectivity index (χ4v) is 3.73. The molecule has 1 aliphatic rings. The summed E-state index contributed by atoms with van der Waals surface area (Å²) >= 11 is 1.07. The minimum atomic E-state index is -1.04. The minimum absolute atomic E-state index is 0.0247. The third kappa shape index (κ3) is 2.80. The van der Waals surface area contributed by atoms with E-state index in [1.54, 1.807) is 14.0 Å². The number of aromatic carboxylic acids is 1.